The van der Waals surface area contributed by atoms with Crippen LogP contribution in [-0.2, 0) is 0 Å². The van der Waals surface area contributed by atoms with E-state index in [1.54, 1.807) is 13.0 Å². The summed E-state index contributed by atoms with van der Waals surface area (Å²) in [5.41, 5.74) is 6.79. The zero-order chi connectivity index (χ0) is 15.1. The Morgan fingerprint density at radius 3 is 2.67 bits per heavy atom. The van der Waals surface area contributed by atoms with Crippen molar-refractivity contribution in [2.24, 2.45) is 5.73 Å². The van der Waals surface area contributed by atoms with Gasteiger partial charge < -0.3 is 10.2 Å². The number of hydrogen-bond acceptors (Lipinski definition) is 2. The average Bonchev–Trinajstić information content (AvgIpc) is 2.89. The Kier molecular flexibility index (Phi) is 3.55. The molecule has 0 bridgehead atoms. The molecule has 2 nitrogen and oxygen atoms in total. The fraction of sp³-hybridized carbons (Fsp3) is 0.125. The zero-order valence-electron chi connectivity index (χ0n) is 11.2. The molecule has 0 spiro atoms. The molecule has 0 fully saturated rings. The van der Waals surface area contributed by atoms with Gasteiger partial charge in [-0.3, -0.25) is 0 Å². The molecule has 1 aromatic heterocycles. The molecule has 1 heterocycles. The van der Waals surface area contributed by atoms with Gasteiger partial charge in [0, 0.05) is 10.9 Å². The van der Waals surface area contributed by atoms with Crippen molar-refractivity contribution in [3.63, 3.8) is 0 Å². The minimum atomic E-state index is -0.996. The van der Waals surface area contributed by atoms with Crippen LogP contribution in [0.1, 0.15) is 22.9 Å². The van der Waals surface area contributed by atoms with Gasteiger partial charge in [0.15, 0.2) is 0 Å². The molecule has 3 aromatic rings. The highest BCUT2D eigenvalue weighted by atomic mass is 79.9. The Morgan fingerprint density at radius 2 is 1.95 bits per heavy atom. The quantitative estimate of drug-likeness (QED) is 0.718. The molecule has 21 heavy (non-hydrogen) atoms. The van der Waals surface area contributed by atoms with Gasteiger partial charge >= 0.3 is 0 Å². The van der Waals surface area contributed by atoms with E-state index in [9.17, 15) is 8.78 Å². The number of rotatable bonds is 2. The van der Waals surface area contributed by atoms with Crippen LogP contribution in [0.15, 0.2) is 45.3 Å². The molecular weight excluding hydrogens is 340 g/mol. The molecule has 1 unspecified atom stereocenters. The fourth-order valence-corrected chi connectivity index (χ4v) is 2.77. The number of aryl methyl sites for hydroxylation is 1. The third kappa shape index (κ3) is 2.36. The normalized spacial score (nSPS) is 12.8. The molecule has 0 aliphatic carbocycles. The summed E-state index contributed by atoms with van der Waals surface area (Å²) in [4.78, 5) is 0. The van der Waals surface area contributed by atoms with Gasteiger partial charge in [0.2, 0.25) is 0 Å². The first-order valence-corrected chi connectivity index (χ1v) is 7.16. The van der Waals surface area contributed by atoms with E-state index in [0.29, 0.717) is 16.9 Å². The number of fused-ring (bicyclic) bond motifs is 1. The number of furan rings is 1. The van der Waals surface area contributed by atoms with Crippen LogP contribution in [0, 0.1) is 18.6 Å². The van der Waals surface area contributed by atoms with Gasteiger partial charge in [0.1, 0.15) is 23.0 Å². The molecule has 5 heteroatoms. The monoisotopic (exact) mass is 351 g/mol. The molecule has 0 aliphatic rings. The topological polar surface area (TPSA) is 39.2 Å². The predicted octanol–water partition coefficient (Wildman–Crippen LogP) is 4.83. The molecule has 0 amide bonds. The summed E-state index contributed by atoms with van der Waals surface area (Å²) in [6, 6.07) is 8.83. The summed E-state index contributed by atoms with van der Waals surface area (Å²) in [5, 5.41) is 0.822. The van der Waals surface area contributed by atoms with E-state index in [1.165, 1.54) is 12.1 Å². The van der Waals surface area contributed by atoms with Crippen LogP contribution in [0.5, 0.6) is 0 Å². The van der Waals surface area contributed by atoms with Crippen LogP contribution in [0.3, 0.4) is 0 Å². The molecule has 0 aliphatic heterocycles. The van der Waals surface area contributed by atoms with E-state index >= 15 is 0 Å². The summed E-state index contributed by atoms with van der Waals surface area (Å²) in [6.45, 7) is 1.57. The summed E-state index contributed by atoms with van der Waals surface area (Å²) in [6.07, 6.45) is 0. The van der Waals surface area contributed by atoms with Crippen molar-refractivity contribution in [1.29, 1.82) is 0 Å². The number of para-hydroxylation sites is 1. The Balaban J connectivity index is 2.15. The smallest absolute Gasteiger partial charge is 0.148 e. The van der Waals surface area contributed by atoms with E-state index in [0.717, 1.165) is 9.86 Å². The van der Waals surface area contributed by atoms with Gasteiger partial charge in [-0.2, -0.15) is 0 Å². The Bertz CT molecular complexity index is 829. The van der Waals surface area contributed by atoms with Gasteiger partial charge in [-0.1, -0.05) is 18.2 Å². The highest BCUT2D eigenvalue weighted by Gasteiger charge is 2.23. The number of hydrogen-bond donors (Lipinski definition) is 1. The van der Waals surface area contributed by atoms with Crippen LogP contribution in [0.2, 0.25) is 0 Å². The lowest BCUT2D eigenvalue weighted by Gasteiger charge is -2.12. The van der Waals surface area contributed by atoms with Crippen molar-refractivity contribution in [3.05, 3.63) is 69.4 Å². The van der Waals surface area contributed by atoms with Gasteiger partial charge in [0.25, 0.3) is 0 Å². The molecule has 2 aromatic carbocycles. The van der Waals surface area contributed by atoms with Crippen LogP contribution in [-0.4, -0.2) is 0 Å². The average molecular weight is 352 g/mol. The van der Waals surface area contributed by atoms with Crippen molar-refractivity contribution in [2.45, 2.75) is 13.0 Å². The fourth-order valence-electron chi connectivity index (χ4n) is 2.31. The largest absolute Gasteiger partial charge is 0.458 e. The van der Waals surface area contributed by atoms with Crippen LogP contribution in [0.25, 0.3) is 11.0 Å². The molecule has 2 N–H and O–H groups in total. The highest BCUT2D eigenvalue weighted by molar-refractivity contribution is 9.10. The Morgan fingerprint density at radius 1 is 1.19 bits per heavy atom. The first-order valence-electron chi connectivity index (χ1n) is 6.37. The van der Waals surface area contributed by atoms with E-state index < -0.39 is 17.7 Å². The summed E-state index contributed by atoms with van der Waals surface area (Å²) in [5.74, 6) is -0.993. The lowest BCUT2D eigenvalue weighted by molar-refractivity contribution is 0.485. The SMILES string of the molecule is Cc1ccc(F)c(C(N)c2cc3cccc(Br)c3o2)c1F. The third-order valence-electron chi connectivity index (χ3n) is 3.45. The third-order valence-corrected chi connectivity index (χ3v) is 4.08. The van der Waals surface area contributed by atoms with Crippen molar-refractivity contribution >= 4 is 26.9 Å². The van der Waals surface area contributed by atoms with Crippen molar-refractivity contribution in [2.75, 3.05) is 0 Å². The van der Waals surface area contributed by atoms with E-state index in [-0.39, 0.29) is 5.56 Å². The maximum absolute atomic E-state index is 14.2. The molecule has 0 radical (unpaired) electrons. The minimum Gasteiger partial charge on any atom is -0.458 e. The number of benzene rings is 2. The number of nitrogens with two attached hydrogens (primary N) is 1. The van der Waals surface area contributed by atoms with Gasteiger partial charge in [-0.25, -0.2) is 8.78 Å². The highest BCUT2D eigenvalue weighted by Crippen LogP contribution is 2.33. The summed E-state index contributed by atoms with van der Waals surface area (Å²) in [7, 11) is 0. The van der Waals surface area contributed by atoms with Gasteiger partial charge in [0.05, 0.1) is 10.5 Å². The Labute approximate surface area is 128 Å². The molecule has 0 saturated heterocycles. The van der Waals surface area contributed by atoms with Crippen LogP contribution in [0.4, 0.5) is 8.78 Å². The van der Waals surface area contributed by atoms with Crippen molar-refractivity contribution in [3.8, 4) is 0 Å². The first kappa shape index (κ1) is 14.2. The summed E-state index contributed by atoms with van der Waals surface area (Å²) >= 11 is 3.37. The second kappa shape index (κ2) is 5.24. The van der Waals surface area contributed by atoms with E-state index in [2.05, 4.69) is 15.9 Å². The van der Waals surface area contributed by atoms with Crippen molar-refractivity contribution in [1.82, 2.24) is 0 Å². The molecule has 0 saturated carbocycles. The molecule has 1 atom stereocenters. The lowest BCUT2D eigenvalue weighted by Crippen LogP contribution is -2.15. The maximum Gasteiger partial charge on any atom is 0.148 e. The number of halogens is 3. The molecular formula is C16H12BrF2NO. The molecule has 108 valence electrons. The van der Waals surface area contributed by atoms with Crippen LogP contribution >= 0.6 is 15.9 Å². The van der Waals surface area contributed by atoms with Gasteiger partial charge in [-0.05, 0) is 46.6 Å². The lowest BCUT2D eigenvalue weighted by atomic mass is 10.0. The van der Waals surface area contributed by atoms with Crippen molar-refractivity contribution < 1.29 is 13.2 Å². The summed E-state index contributed by atoms with van der Waals surface area (Å²) < 4.78 is 34.5. The predicted molar refractivity (Wildman–Crippen MR) is 81.0 cm³/mol. The second-order valence-electron chi connectivity index (χ2n) is 4.88. The second-order valence-corrected chi connectivity index (χ2v) is 5.73. The maximum atomic E-state index is 14.2. The first-order chi connectivity index (χ1) is 9.99. The van der Waals surface area contributed by atoms with E-state index in [1.807, 2.05) is 18.2 Å². The minimum absolute atomic E-state index is 0.176. The van der Waals surface area contributed by atoms with Crippen LogP contribution < -0.4 is 5.73 Å². The Hall–Kier alpha value is -1.72. The van der Waals surface area contributed by atoms with Gasteiger partial charge in [-0.15, -0.1) is 0 Å². The van der Waals surface area contributed by atoms with E-state index in [4.69, 9.17) is 10.2 Å². The zero-order valence-corrected chi connectivity index (χ0v) is 12.7. The standard InChI is InChI=1S/C16H12BrF2NO/c1-8-5-6-11(18)13(14(8)19)15(20)12-7-9-3-2-4-10(17)16(9)21-12/h2-7,15H,20H2,1H3. The molecule has 3 rings (SSSR count).